The standard InChI is InChI=1S/C22H22ClN3O6/c1-30-18-11-14(17(26(28)29)12-19(18)31-2)9-10-24-21(27)7-8-22-25-13-20(32-22)15-5-3-4-6-16(15)23/h3-6,11-13H,7-10H2,1-2H3,(H,24,27). The Morgan fingerprint density at radius 3 is 2.59 bits per heavy atom. The highest BCUT2D eigenvalue weighted by Gasteiger charge is 2.19. The van der Waals surface area contributed by atoms with Crippen LogP contribution in [0.3, 0.4) is 0 Å². The predicted molar refractivity (Wildman–Crippen MR) is 118 cm³/mol. The lowest BCUT2D eigenvalue weighted by Crippen LogP contribution is -2.26. The molecule has 0 aliphatic carbocycles. The van der Waals surface area contributed by atoms with Gasteiger partial charge in [0.25, 0.3) is 5.69 Å². The number of aromatic nitrogens is 1. The molecule has 0 atom stereocenters. The van der Waals surface area contributed by atoms with Crippen molar-refractivity contribution >= 4 is 23.2 Å². The number of nitrogens with one attached hydrogen (secondary N) is 1. The van der Waals surface area contributed by atoms with Crippen molar-refractivity contribution in [1.82, 2.24) is 10.3 Å². The predicted octanol–water partition coefficient (Wildman–Crippen LogP) is 4.21. The molecular weight excluding hydrogens is 438 g/mol. The highest BCUT2D eigenvalue weighted by Crippen LogP contribution is 2.34. The maximum Gasteiger partial charge on any atom is 0.276 e. The summed E-state index contributed by atoms with van der Waals surface area (Å²) in [5.41, 5.74) is 1.07. The largest absolute Gasteiger partial charge is 0.493 e. The Morgan fingerprint density at radius 1 is 1.19 bits per heavy atom. The molecule has 0 radical (unpaired) electrons. The van der Waals surface area contributed by atoms with Crippen LogP contribution in [0.25, 0.3) is 11.3 Å². The zero-order chi connectivity index (χ0) is 23.1. The number of hydrogen-bond acceptors (Lipinski definition) is 7. The summed E-state index contributed by atoms with van der Waals surface area (Å²) in [6.07, 6.45) is 2.31. The van der Waals surface area contributed by atoms with E-state index in [-0.39, 0.29) is 36.7 Å². The molecule has 168 valence electrons. The second-order valence-electron chi connectivity index (χ2n) is 6.79. The quantitative estimate of drug-likeness (QED) is 0.356. The first-order valence-electron chi connectivity index (χ1n) is 9.78. The molecule has 0 spiro atoms. The zero-order valence-electron chi connectivity index (χ0n) is 17.6. The first-order valence-corrected chi connectivity index (χ1v) is 10.2. The minimum atomic E-state index is -0.488. The van der Waals surface area contributed by atoms with E-state index in [1.165, 1.54) is 20.3 Å². The van der Waals surface area contributed by atoms with Gasteiger partial charge in [-0.05, 0) is 24.6 Å². The summed E-state index contributed by atoms with van der Waals surface area (Å²) in [5, 5.41) is 14.7. The van der Waals surface area contributed by atoms with E-state index in [9.17, 15) is 14.9 Å². The van der Waals surface area contributed by atoms with Crippen molar-refractivity contribution in [2.45, 2.75) is 19.3 Å². The average Bonchev–Trinajstić information content (AvgIpc) is 3.26. The number of methoxy groups -OCH3 is 2. The van der Waals surface area contributed by atoms with Gasteiger partial charge in [0, 0.05) is 30.5 Å². The molecule has 3 aromatic rings. The molecule has 1 aromatic heterocycles. The molecule has 3 rings (SSSR count). The SMILES string of the molecule is COc1cc(CCNC(=O)CCc2ncc(-c3ccccc3Cl)o2)c([N+](=O)[O-])cc1OC. The third-order valence-electron chi connectivity index (χ3n) is 4.76. The number of amides is 1. The molecule has 1 heterocycles. The van der Waals surface area contributed by atoms with Crippen LogP contribution in [0.5, 0.6) is 11.5 Å². The van der Waals surface area contributed by atoms with Crippen LogP contribution in [-0.2, 0) is 17.6 Å². The van der Waals surface area contributed by atoms with Gasteiger partial charge in [0.15, 0.2) is 23.1 Å². The van der Waals surface area contributed by atoms with Crippen molar-refractivity contribution in [3.8, 4) is 22.8 Å². The lowest BCUT2D eigenvalue weighted by atomic mass is 10.1. The summed E-state index contributed by atoms with van der Waals surface area (Å²) < 4.78 is 16.0. The van der Waals surface area contributed by atoms with Crippen molar-refractivity contribution in [3.63, 3.8) is 0 Å². The maximum absolute atomic E-state index is 12.2. The summed E-state index contributed by atoms with van der Waals surface area (Å²) in [5.74, 6) is 1.40. The minimum absolute atomic E-state index is 0.0937. The second kappa shape index (κ2) is 10.6. The van der Waals surface area contributed by atoms with E-state index < -0.39 is 4.92 Å². The number of oxazole rings is 1. The number of ether oxygens (including phenoxy) is 2. The van der Waals surface area contributed by atoms with E-state index >= 15 is 0 Å². The number of hydrogen-bond donors (Lipinski definition) is 1. The topological polar surface area (TPSA) is 117 Å². The van der Waals surface area contributed by atoms with Crippen LogP contribution in [0.15, 0.2) is 47.0 Å². The summed E-state index contributed by atoms with van der Waals surface area (Å²) in [4.78, 5) is 27.3. The Morgan fingerprint density at radius 2 is 1.91 bits per heavy atom. The molecule has 9 nitrogen and oxygen atoms in total. The average molecular weight is 460 g/mol. The van der Waals surface area contributed by atoms with Crippen molar-refractivity contribution < 1.29 is 23.6 Å². The zero-order valence-corrected chi connectivity index (χ0v) is 18.3. The van der Waals surface area contributed by atoms with Gasteiger partial charge < -0.3 is 19.2 Å². The van der Waals surface area contributed by atoms with Gasteiger partial charge in [0.1, 0.15) is 0 Å². The Balaban J connectivity index is 1.54. The number of benzene rings is 2. The Bertz CT molecular complexity index is 1110. The molecule has 0 bridgehead atoms. The molecule has 1 amide bonds. The fourth-order valence-corrected chi connectivity index (χ4v) is 3.37. The normalized spacial score (nSPS) is 10.6. The molecule has 0 saturated heterocycles. The van der Waals surface area contributed by atoms with Gasteiger partial charge in [-0.3, -0.25) is 14.9 Å². The van der Waals surface area contributed by atoms with Crippen LogP contribution < -0.4 is 14.8 Å². The number of nitro groups is 1. The number of carbonyl (C=O) groups excluding carboxylic acids is 1. The molecule has 0 unspecified atom stereocenters. The number of aryl methyl sites for hydroxylation is 1. The van der Waals surface area contributed by atoms with E-state index in [1.807, 2.05) is 18.2 Å². The molecule has 2 aromatic carbocycles. The Hall–Kier alpha value is -3.59. The van der Waals surface area contributed by atoms with Crippen LogP contribution in [0, 0.1) is 10.1 Å². The van der Waals surface area contributed by atoms with Crippen molar-refractivity contribution in [1.29, 1.82) is 0 Å². The number of carbonyl (C=O) groups is 1. The molecule has 0 fully saturated rings. The third-order valence-corrected chi connectivity index (χ3v) is 5.09. The Labute approximate surface area is 189 Å². The van der Waals surface area contributed by atoms with E-state index in [1.54, 1.807) is 18.3 Å². The van der Waals surface area contributed by atoms with Crippen LogP contribution in [-0.4, -0.2) is 36.6 Å². The lowest BCUT2D eigenvalue weighted by molar-refractivity contribution is -0.385. The first-order chi connectivity index (χ1) is 15.4. The van der Waals surface area contributed by atoms with Crippen molar-refractivity contribution in [3.05, 3.63) is 69.2 Å². The monoisotopic (exact) mass is 459 g/mol. The maximum atomic E-state index is 12.2. The van der Waals surface area contributed by atoms with E-state index in [2.05, 4.69) is 10.3 Å². The van der Waals surface area contributed by atoms with Gasteiger partial charge >= 0.3 is 0 Å². The van der Waals surface area contributed by atoms with Crippen LogP contribution in [0.1, 0.15) is 17.9 Å². The molecule has 0 aliphatic heterocycles. The minimum Gasteiger partial charge on any atom is -0.493 e. The van der Waals surface area contributed by atoms with Crippen molar-refractivity contribution in [2.24, 2.45) is 0 Å². The van der Waals surface area contributed by atoms with Gasteiger partial charge in [0.2, 0.25) is 5.91 Å². The summed E-state index contributed by atoms with van der Waals surface area (Å²) in [7, 11) is 2.86. The van der Waals surface area contributed by atoms with E-state index in [0.29, 0.717) is 34.4 Å². The molecule has 1 N–H and O–H groups in total. The van der Waals surface area contributed by atoms with Gasteiger partial charge in [-0.2, -0.15) is 0 Å². The van der Waals surface area contributed by atoms with Gasteiger partial charge in [-0.1, -0.05) is 23.7 Å². The lowest BCUT2D eigenvalue weighted by Gasteiger charge is -2.11. The first kappa shape index (κ1) is 23.1. The van der Waals surface area contributed by atoms with Crippen molar-refractivity contribution in [2.75, 3.05) is 20.8 Å². The van der Waals surface area contributed by atoms with E-state index in [4.69, 9.17) is 25.5 Å². The highest BCUT2D eigenvalue weighted by molar-refractivity contribution is 6.33. The summed E-state index contributed by atoms with van der Waals surface area (Å²) in [6.45, 7) is 0.228. The second-order valence-corrected chi connectivity index (χ2v) is 7.20. The fraction of sp³-hybridized carbons (Fsp3) is 0.273. The van der Waals surface area contributed by atoms with Crippen LogP contribution >= 0.6 is 11.6 Å². The summed E-state index contributed by atoms with van der Waals surface area (Å²) in [6, 6.07) is 10.1. The smallest absolute Gasteiger partial charge is 0.276 e. The van der Waals surface area contributed by atoms with Crippen LogP contribution in [0.4, 0.5) is 5.69 Å². The molecule has 0 saturated carbocycles. The van der Waals surface area contributed by atoms with E-state index in [0.717, 1.165) is 5.56 Å². The van der Waals surface area contributed by atoms with Gasteiger partial charge in [0.05, 0.1) is 36.4 Å². The van der Waals surface area contributed by atoms with Gasteiger partial charge in [-0.25, -0.2) is 4.98 Å². The van der Waals surface area contributed by atoms with Crippen LogP contribution in [0.2, 0.25) is 5.02 Å². The molecule has 32 heavy (non-hydrogen) atoms. The molecule has 0 aliphatic rings. The fourth-order valence-electron chi connectivity index (χ4n) is 3.14. The van der Waals surface area contributed by atoms with Gasteiger partial charge in [-0.15, -0.1) is 0 Å². The number of nitrogens with zero attached hydrogens (tertiary/aromatic N) is 2. The Kier molecular flexibility index (Phi) is 7.67. The molecular formula is C22H22ClN3O6. The molecule has 10 heteroatoms. The summed E-state index contributed by atoms with van der Waals surface area (Å²) >= 11 is 6.16. The highest BCUT2D eigenvalue weighted by atomic mass is 35.5. The number of nitro benzene ring substituents is 1. The number of halogens is 1. The number of rotatable bonds is 10. The third kappa shape index (κ3) is 5.55.